The van der Waals surface area contributed by atoms with E-state index in [4.69, 9.17) is 9.26 Å². The van der Waals surface area contributed by atoms with Crippen molar-refractivity contribution >= 4 is 21.5 Å². The van der Waals surface area contributed by atoms with Crippen molar-refractivity contribution in [2.24, 2.45) is 0 Å². The Balaban J connectivity index is 1.69. The third kappa shape index (κ3) is 4.20. The molecule has 2 N–H and O–H groups in total. The number of hydrogen-bond donors (Lipinski definition) is 2. The number of aromatic nitrogens is 2. The Kier molecular flexibility index (Phi) is 5.31. The Morgan fingerprint density at radius 2 is 1.93 bits per heavy atom. The van der Waals surface area contributed by atoms with Gasteiger partial charge in [-0.25, -0.2) is 13.4 Å². The molecule has 3 aromatic rings. The van der Waals surface area contributed by atoms with Gasteiger partial charge >= 0.3 is 0 Å². The maximum absolute atomic E-state index is 12.5. The first-order valence-electron chi connectivity index (χ1n) is 8.18. The molecule has 0 aliphatic carbocycles. The fourth-order valence-corrected chi connectivity index (χ4v) is 3.99. The van der Waals surface area contributed by atoms with Crippen LogP contribution in [-0.2, 0) is 16.6 Å². The summed E-state index contributed by atoms with van der Waals surface area (Å²) in [6.07, 6.45) is 1.56. The van der Waals surface area contributed by atoms with Crippen LogP contribution in [0.1, 0.15) is 17.0 Å². The highest BCUT2D eigenvalue weighted by molar-refractivity contribution is 7.92. The zero-order chi connectivity index (χ0) is 19.4. The third-order valence-electron chi connectivity index (χ3n) is 3.91. The molecule has 0 saturated heterocycles. The standard InChI is InChI=1S/C18H20N4O4S/c1-12-18(13(2)26-21-12)27(23,24)22-17-9-8-15(11-20-17)19-10-14-6-4-5-7-16(14)25-3/h4-9,11,19H,10H2,1-3H3,(H,20,22). The Bertz CT molecular complexity index is 1010. The number of hydrogen-bond acceptors (Lipinski definition) is 7. The number of para-hydroxylation sites is 1. The van der Waals surface area contributed by atoms with Gasteiger partial charge in [0.05, 0.1) is 19.0 Å². The molecule has 3 rings (SSSR count). The van der Waals surface area contributed by atoms with Crippen molar-refractivity contribution in [2.45, 2.75) is 25.3 Å². The summed E-state index contributed by atoms with van der Waals surface area (Å²) in [4.78, 5) is 4.18. The summed E-state index contributed by atoms with van der Waals surface area (Å²) >= 11 is 0. The van der Waals surface area contributed by atoms with Crippen molar-refractivity contribution in [1.29, 1.82) is 0 Å². The molecule has 8 nitrogen and oxygen atoms in total. The predicted octanol–water partition coefficient (Wildman–Crippen LogP) is 3.11. The molecular formula is C18H20N4O4S. The van der Waals surface area contributed by atoms with Crippen LogP contribution in [0.25, 0.3) is 0 Å². The number of methoxy groups -OCH3 is 1. The first-order chi connectivity index (χ1) is 12.9. The van der Waals surface area contributed by atoms with Crippen molar-refractivity contribution in [2.75, 3.05) is 17.1 Å². The number of rotatable bonds is 7. The second-order valence-corrected chi connectivity index (χ2v) is 7.48. The summed E-state index contributed by atoms with van der Waals surface area (Å²) in [7, 11) is -2.19. The molecule has 2 heterocycles. The maximum Gasteiger partial charge on any atom is 0.268 e. The molecule has 0 unspecified atom stereocenters. The van der Waals surface area contributed by atoms with Gasteiger partial charge in [-0.05, 0) is 32.0 Å². The highest BCUT2D eigenvalue weighted by Crippen LogP contribution is 2.23. The first-order valence-corrected chi connectivity index (χ1v) is 9.66. The average Bonchev–Trinajstić information content (AvgIpc) is 3.00. The van der Waals surface area contributed by atoms with E-state index in [0.29, 0.717) is 12.2 Å². The fourth-order valence-electron chi connectivity index (χ4n) is 2.65. The third-order valence-corrected chi connectivity index (χ3v) is 5.51. The second-order valence-electron chi connectivity index (χ2n) is 5.86. The summed E-state index contributed by atoms with van der Waals surface area (Å²) in [6.45, 7) is 3.67. The number of ether oxygens (including phenoxy) is 1. The van der Waals surface area contributed by atoms with E-state index < -0.39 is 10.0 Å². The summed E-state index contributed by atoms with van der Waals surface area (Å²) < 4.78 is 37.7. The van der Waals surface area contributed by atoms with Crippen LogP contribution in [-0.4, -0.2) is 25.7 Å². The number of benzene rings is 1. The van der Waals surface area contributed by atoms with Crippen LogP contribution < -0.4 is 14.8 Å². The highest BCUT2D eigenvalue weighted by atomic mass is 32.2. The molecule has 0 atom stereocenters. The zero-order valence-electron chi connectivity index (χ0n) is 15.2. The molecule has 0 aliphatic rings. The van der Waals surface area contributed by atoms with Gasteiger partial charge in [0.25, 0.3) is 10.0 Å². The lowest BCUT2D eigenvalue weighted by molar-refractivity contribution is 0.390. The smallest absolute Gasteiger partial charge is 0.268 e. The molecule has 142 valence electrons. The molecule has 0 aliphatic heterocycles. The van der Waals surface area contributed by atoms with Crippen LogP contribution in [0.5, 0.6) is 5.75 Å². The van der Waals surface area contributed by atoms with Crippen molar-refractivity contribution in [1.82, 2.24) is 10.1 Å². The molecular weight excluding hydrogens is 368 g/mol. The minimum Gasteiger partial charge on any atom is -0.496 e. The van der Waals surface area contributed by atoms with Gasteiger partial charge in [-0.3, -0.25) is 4.72 Å². The first kappa shape index (κ1) is 18.7. The summed E-state index contributed by atoms with van der Waals surface area (Å²) in [6, 6.07) is 11.0. The number of anilines is 2. The quantitative estimate of drug-likeness (QED) is 0.640. The van der Waals surface area contributed by atoms with E-state index >= 15 is 0 Å². The van der Waals surface area contributed by atoms with Crippen molar-refractivity contribution in [3.8, 4) is 5.75 Å². The normalized spacial score (nSPS) is 11.2. The van der Waals surface area contributed by atoms with E-state index in [1.807, 2.05) is 24.3 Å². The van der Waals surface area contributed by atoms with Gasteiger partial charge < -0.3 is 14.6 Å². The zero-order valence-corrected chi connectivity index (χ0v) is 16.0. The number of nitrogens with one attached hydrogen (secondary N) is 2. The molecule has 0 radical (unpaired) electrons. The number of aryl methyl sites for hydroxylation is 2. The molecule has 0 saturated carbocycles. The number of nitrogens with zero attached hydrogens (tertiary/aromatic N) is 2. The van der Waals surface area contributed by atoms with Crippen LogP contribution in [0.4, 0.5) is 11.5 Å². The Labute approximate surface area is 157 Å². The van der Waals surface area contributed by atoms with E-state index in [1.165, 1.54) is 0 Å². The Morgan fingerprint density at radius 1 is 1.15 bits per heavy atom. The summed E-state index contributed by atoms with van der Waals surface area (Å²) in [5.74, 6) is 1.23. The van der Waals surface area contributed by atoms with Gasteiger partial charge in [-0.2, -0.15) is 0 Å². The predicted molar refractivity (Wildman–Crippen MR) is 101 cm³/mol. The van der Waals surface area contributed by atoms with E-state index in [9.17, 15) is 8.42 Å². The molecule has 0 fully saturated rings. The van der Waals surface area contributed by atoms with Gasteiger partial charge in [-0.1, -0.05) is 23.4 Å². The molecule has 0 amide bonds. The Morgan fingerprint density at radius 3 is 2.56 bits per heavy atom. The summed E-state index contributed by atoms with van der Waals surface area (Å²) in [5, 5.41) is 6.90. The SMILES string of the molecule is COc1ccccc1CNc1ccc(NS(=O)(=O)c2c(C)noc2C)nc1. The average molecular weight is 388 g/mol. The number of sulfonamides is 1. The van der Waals surface area contributed by atoms with Crippen molar-refractivity contribution in [3.63, 3.8) is 0 Å². The molecule has 9 heteroatoms. The van der Waals surface area contributed by atoms with E-state index in [2.05, 4.69) is 20.2 Å². The molecule has 27 heavy (non-hydrogen) atoms. The summed E-state index contributed by atoms with van der Waals surface area (Å²) in [5.41, 5.74) is 2.06. The lowest BCUT2D eigenvalue weighted by atomic mass is 10.2. The molecule has 0 spiro atoms. The van der Waals surface area contributed by atoms with Crippen molar-refractivity contribution < 1.29 is 17.7 Å². The van der Waals surface area contributed by atoms with Gasteiger partial charge in [0.1, 0.15) is 17.3 Å². The largest absolute Gasteiger partial charge is 0.496 e. The van der Waals surface area contributed by atoms with Gasteiger partial charge in [0.15, 0.2) is 10.7 Å². The lowest BCUT2D eigenvalue weighted by Gasteiger charge is -2.11. The Hall–Kier alpha value is -3.07. The van der Waals surface area contributed by atoms with Gasteiger partial charge in [-0.15, -0.1) is 0 Å². The monoisotopic (exact) mass is 388 g/mol. The minimum absolute atomic E-state index is 0.0303. The molecule has 2 aromatic heterocycles. The van der Waals surface area contributed by atoms with E-state index in [1.54, 1.807) is 39.3 Å². The van der Waals surface area contributed by atoms with Gasteiger partial charge in [0, 0.05) is 12.1 Å². The van der Waals surface area contributed by atoms with Crippen LogP contribution in [0.15, 0.2) is 52.0 Å². The van der Waals surface area contributed by atoms with E-state index in [-0.39, 0.29) is 16.5 Å². The second kappa shape index (κ2) is 7.67. The fraction of sp³-hybridized carbons (Fsp3) is 0.222. The van der Waals surface area contributed by atoms with Crippen LogP contribution in [0.3, 0.4) is 0 Å². The van der Waals surface area contributed by atoms with Crippen molar-refractivity contribution in [3.05, 3.63) is 59.6 Å². The molecule has 1 aromatic carbocycles. The van der Waals surface area contributed by atoms with Crippen LogP contribution >= 0.6 is 0 Å². The van der Waals surface area contributed by atoms with Crippen LogP contribution in [0, 0.1) is 13.8 Å². The topological polar surface area (TPSA) is 106 Å². The lowest BCUT2D eigenvalue weighted by Crippen LogP contribution is -2.15. The minimum atomic E-state index is -3.81. The van der Waals surface area contributed by atoms with Crippen LogP contribution in [0.2, 0.25) is 0 Å². The maximum atomic E-state index is 12.5. The highest BCUT2D eigenvalue weighted by Gasteiger charge is 2.24. The molecule has 0 bridgehead atoms. The van der Waals surface area contributed by atoms with Gasteiger partial charge in [0.2, 0.25) is 0 Å². The van der Waals surface area contributed by atoms with E-state index in [0.717, 1.165) is 17.0 Å². The number of pyridine rings is 1.